The average molecular weight is 343 g/mol. The molecule has 2 rings (SSSR count). The van der Waals surface area contributed by atoms with E-state index in [0.29, 0.717) is 0 Å². The normalized spacial score (nSPS) is 15.7. The van der Waals surface area contributed by atoms with Crippen molar-refractivity contribution in [2.75, 3.05) is 6.54 Å². The van der Waals surface area contributed by atoms with E-state index < -0.39 is 10.0 Å². The lowest BCUT2D eigenvalue weighted by Crippen LogP contribution is -2.32. The molecule has 1 aliphatic carbocycles. The number of halogens is 1. The van der Waals surface area contributed by atoms with E-state index in [0.717, 1.165) is 25.7 Å². The van der Waals surface area contributed by atoms with Gasteiger partial charge in [0.1, 0.15) is 4.90 Å². The minimum atomic E-state index is -3.77. The highest BCUT2D eigenvalue weighted by molar-refractivity contribution is 7.89. The molecule has 0 unspecified atom stereocenters. The van der Waals surface area contributed by atoms with Crippen molar-refractivity contribution in [1.82, 2.24) is 10.0 Å². The van der Waals surface area contributed by atoms with Crippen LogP contribution in [0.4, 0.5) is 0 Å². The number of carbonyl (C=O) groups excluding carboxylic acids is 1. The van der Waals surface area contributed by atoms with Crippen LogP contribution in [0.5, 0.6) is 0 Å². The van der Waals surface area contributed by atoms with Gasteiger partial charge in [-0.1, -0.05) is 30.5 Å². The number of rotatable bonds is 6. The first kappa shape index (κ1) is 17.0. The van der Waals surface area contributed by atoms with E-state index in [-0.39, 0.29) is 34.0 Å². The Kier molecular flexibility index (Phi) is 5.61. The third kappa shape index (κ3) is 4.09. The Hall–Kier alpha value is -1.37. The van der Waals surface area contributed by atoms with Gasteiger partial charge in [-0.05, 0) is 31.0 Å². The highest BCUT2D eigenvalue weighted by atomic mass is 35.5. The molecule has 0 aliphatic heterocycles. The van der Waals surface area contributed by atoms with Gasteiger partial charge in [0.05, 0.1) is 5.02 Å². The monoisotopic (exact) mass is 342 g/mol. The molecule has 0 spiro atoms. The second-order valence-electron chi connectivity index (χ2n) is 5.24. The van der Waals surface area contributed by atoms with Crippen LogP contribution in [-0.2, 0) is 10.0 Å². The SMILES string of the molecule is C=CCNS(=O)(=O)c1cc(C(=O)NC2CCCC2)ccc1Cl. The Balaban J connectivity index is 2.22. The maximum atomic E-state index is 12.2. The maximum Gasteiger partial charge on any atom is 0.251 e. The molecule has 0 aromatic heterocycles. The molecule has 1 amide bonds. The molecule has 2 N–H and O–H groups in total. The Morgan fingerprint density at radius 1 is 1.36 bits per heavy atom. The van der Waals surface area contributed by atoms with E-state index in [2.05, 4.69) is 16.6 Å². The number of hydrogen-bond donors (Lipinski definition) is 2. The lowest BCUT2D eigenvalue weighted by atomic mass is 10.2. The van der Waals surface area contributed by atoms with E-state index >= 15 is 0 Å². The van der Waals surface area contributed by atoms with Crippen molar-refractivity contribution in [3.8, 4) is 0 Å². The van der Waals surface area contributed by atoms with Gasteiger partial charge >= 0.3 is 0 Å². The van der Waals surface area contributed by atoms with Crippen molar-refractivity contribution >= 4 is 27.5 Å². The van der Waals surface area contributed by atoms with E-state index in [1.165, 1.54) is 24.3 Å². The minimum absolute atomic E-state index is 0.0778. The molecule has 1 saturated carbocycles. The zero-order chi connectivity index (χ0) is 16.2. The standard InChI is InChI=1S/C15H19ClN2O3S/c1-2-9-17-22(20,21)14-10-11(7-8-13(14)16)15(19)18-12-5-3-4-6-12/h2,7-8,10,12,17H,1,3-6,9H2,(H,18,19). The van der Waals surface area contributed by atoms with Crippen molar-refractivity contribution in [2.24, 2.45) is 0 Å². The van der Waals surface area contributed by atoms with Gasteiger partial charge in [-0.3, -0.25) is 4.79 Å². The summed E-state index contributed by atoms with van der Waals surface area (Å²) in [5.41, 5.74) is 0.287. The van der Waals surface area contributed by atoms with Crippen LogP contribution in [0, 0.1) is 0 Å². The first-order valence-corrected chi connectivity index (χ1v) is 9.01. The summed E-state index contributed by atoms with van der Waals surface area (Å²) in [6.45, 7) is 3.55. The predicted molar refractivity (Wildman–Crippen MR) is 86.6 cm³/mol. The molecule has 1 aromatic carbocycles. The number of hydrogen-bond acceptors (Lipinski definition) is 3. The van der Waals surface area contributed by atoms with Crippen LogP contribution in [0.25, 0.3) is 0 Å². The van der Waals surface area contributed by atoms with Crippen molar-refractivity contribution in [3.63, 3.8) is 0 Å². The number of nitrogens with one attached hydrogen (secondary N) is 2. The summed E-state index contributed by atoms with van der Waals surface area (Å²) < 4.78 is 26.7. The van der Waals surface area contributed by atoms with Crippen molar-refractivity contribution in [2.45, 2.75) is 36.6 Å². The molecule has 0 bridgehead atoms. The van der Waals surface area contributed by atoms with Gasteiger partial charge < -0.3 is 5.32 Å². The van der Waals surface area contributed by atoms with Crippen molar-refractivity contribution in [1.29, 1.82) is 0 Å². The zero-order valence-corrected chi connectivity index (χ0v) is 13.7. The van der Waals surface area contributed by atoms with E-state index in [1.807, 2.05) is 0 Å². The molecule has 0 atom stereocenters. The Bertz CT molecular complexity index is 667. The molecule has 5 nitrogen and oxygen atoms in total. The summed E-state index contributed by atoms with van der Waals surface area (Å²) in [6, 6.07) is 4.42. The predicted octanol–water partition coefficient (Wildman–Crippen LogP) is 2.48. The largest absolute Gasteiger partial charge is 0.349 e. The molecular formula is C15H19ClN2O3S. The summed E-state index contributed by atoms with van der Waals surface area (Å²) in [7, 11) is -3.77. The fourth-order valence-electron chi connectivity index (χ4n) is 2.44. The third-order valence-corrected chi connectivity index (χ3v) is 5.50. The zero-order valence-electron chi connectivity index (χ0n) is 12.1. The third-order valence-electron chi connectivity index (χ3n) is 3.59. The van der Waals surface area contributed by atoms with Gasteiger partial charge in [-0.15, -0.1) is 6.58 Å². The summed E-state index contributed by atoms with van der Waals surface area (Å²) in [5.74, 6) is -0.274. The van der Waals surface area contributed by atoms with Crippen molar-refractivity contribution < 1.29 is 13.2 Å². The molecule has 1 aliphatic rings. The number of amides is 1. The molecule has 0 heterocycles. The average Bonchev–Trinajstić information content (AvgIpc) is 2.98. The second kappa shape index (κ2) is 7.26. The molecule has 7 heteroatoms. The quantitative estimate of drug-likeness (QED) is 0.780. The number of carbonyl (C=O) groups is 1. The molecule has 1 fully saturated rings. The summed E-state index contributed by atoms with van der Waals surface area (Å²) in [5, 5.41) is 3.00. The van der Waals surface area contributed by atoms with Gasteiger partial charge in [0.15, 0.2) is 0 Å². The topological polar surface area (TPSA) is 75.3 Å². The van der Waals surface area contributed by atoms with Gasteiger partial charge in [0.25, 0.3) is 5.91 Å². The second-order valence-corrected chi connectivity index (χ2v) is 7.38. The molecular weight excluding hydrogens is 324 g/mol. The van der Waals surface area contributed by atoms with Crippen LogP contribution < -0.4 is 10.0 Å². The fraction of sp³-hybridized carbons (Fsp3) is 0.400. The number of sulfonamides is 1. The van der Waals surface area contributed by atoms with Crippen LogP contribution in [0.3, 0.4) is 0 Å². The van der Waals surface area contributed by atoms with Crippen LogP contribution in [-0.4, -0.2) is 26.9 Å². The molecule has 1 aromatic rings. The van der Waals surface area contributed by atoms with Crippen LogP contribution in [0.1, 0.15) is 36.0 Å². The Morgan fingerprint density at radius 3 is 2.68 bits per heavy atom. The summed E-state index contributed by atoms with van der Waals surface area (Å²) in [4.78, 5) is 12.1. The lowest BCUT2D eigenvalue weighted by Gasteiger charge is -2.13. The Labute approximate surface area is 135 Å². The minimum Gasteiger partial charge on any atom is -0.349 e. The van der Waals surface area contributed by atoms with Crippen LogP contribution in [0.15, 0.2) is 35.7 Å². The summed E-state index contributed by atoms with van der Waals surface area (Å²) in [6.07, 6.45) is 5.58. The molecule has 22 heavy (non-hydrogen) atoms. The smallest absolute Gasteiger partial charge is 0.251 e. The van der Waals surface area contributed by atoms with E-state index in [4.69, 9.17) is 11.6 Å². The van der Waals surface area contributed by atoms with Crippen LogP contribution >= 0.6 is 11.6 Å². The lowest BCUT2D eigenvalue weighted by molar-refractivity contribution is 0.0937. The molecule has 0 saturated heterocycles. The van der Waals surface area contributed by atoms with Crippen LogP contribution in [0.2, 0.25) is 5.02 Å². The van der Waals surface area contributed by atoms with E-state index in [1.54, 1.807) is 0 Å². The first-order chi connectivity index (χ1) is 10.4. The first-order valence-electron chi connectivity index (χ1n) is 7.15. The molecule has 0 radical (unpaired) electrons. The van der Waals surface area contributed by atoms with Gasteiger partial charge in [-0.25, -0.2) is 13.1 Å². The summed E-state index contributed by atoms with van der Waals surface area (Å²) >= 11 is 5.96. The maximum absolute atomic E-state index is 12.2. The van der Waals surface area contributed by atoms with Crippen molar-refractivity contribution in [3.05, 3.63) is 41.4 Å². The number of benzene rings is 1. The highest BCUT2D eigenvalue weighted by Crippen LogP contribution is 2.23. The van der Waals surface area contributed by atoms with Gasteiger partial charge in [0, 0.05) is 18.2 Å². The fourth-order valence-corrected chi connectivity index (χ4v) is 3.96. The Morgan fingerprint density at radius 2 is 2.05 bits per heavy atom. The van der Waals surface area contributed by atoms with Gasteiger partial charge in [0.2, 0.25) is 10.0 Å². The van der Waals surface area contributed by atoms with E-state index in [9.17, 15) is 13.2 Å². The van der Waals surface area contributed by atoms with Gasteiger partial charge in [-0.2, -0.15) is 0 Å². The highest BCUT2D eigenvalue weighted by Gasteiger charge is 2.22. The molecule has 120 valence electrons.